The Labute approximate surface area is 134 Å². The van der Waals surface area contributed by atoms with Crippen LogP contribution >= 0.6 is 11.3 Å². The molecule has 7 heteroatoms. The molecule has 2 aromatic heterocycles. The van der Waals surface area contributed by atoms with E-state index in [0.29, 0.717) is 11.0 Å². The fourth-order valence-corrected chi connectivity index (χ4v) is 3.03. The number of aromatic nitrogens is 4. The van der Waals surface area contributed by atoms with Crippen LogP contribution in [0, 0.1) is 19.8 Å². The van der Waals surface area contributed by atoms with E-state index in [0.717, 1.165) is 28.4 Å². The molecule has 0 radical (unpaired) electrons. The minimum atomic E-state index is -0.213. The predicted molar refractivity (Wildman–Crippen MR) is 88.8 cm³/mol. The fourth-order valence-electron chi connectivity index (χ4n) is 2.07. The van der Waals surface area contributed by atoms with Crippen LogP contribution in [0.2, 0.25) is 0 Å². The molecule has 0 aliphatic heterocycles. The summed E-state index contributed by atoms with van der Waals surface area (Å²) >= 11 is 1.42. The Morgan fingerprint density at radius 2 is 2.09 bits per heavy atom. The number of rotatable bonds is 5. The summed E-state index contributed by atoms with van der Waals surface area (Å²) in [6.45, 7) is 8.15. The zero-order valence-electron chi connectivity index (χ0n) is 13.5. The van der Waals surface area contributed by atoms with Crippen LogP contribution in [0.4, 0.5) is 5.13 Å². The van der Waals surface area contributed by atoms with E-state index in [1.807, 2.05) is 20.9 Å². The number of anilines is 1. The number of carbonyl (C=O) groups excluding carboxylic acids is 1. The summed E-state index contributed by atoms with van der Waals surface area (Å²) in [5, 5.41) is 16.6. The highest BCUT2D eigenvalue weighted by molar-refractivity contribution is 7.15. The highest BCUT2D eigenvalue weighted by Gasteiger charge is 2.09. The van der Waals surface area contributed by atoms with Gasteiger partial charge in [-0.1, -0.05) is 25.2 Å². The summed E-state index contributed by atoms with van der Waals surface area (Å²) in [6.07, 6.45) is 4.15. The van der Waals surface area contributed by atoms with E-state index < -0.39 is 0 Å². The molecule has 0 spiro atoms. The Hall–Kier alpha value is -2.02. The van der Waals surface area contributed by atoms with E-state index in [4.69, 9.17) is 0 Å². The zero-order chi connectivity index (χ0) is 16.3. The first-order valence-corrected chi connectivity index (χ1v) is 8.00. The minimum absolute atomic E-state index is 0.213. The van der Waals surface area contributed by atoms with Crippen LogP contribution < -0.4 is 5.32 Å². The minimum Gasteiger partial charge on any atom is -0.297 e. The molecule has 6 nitrogen and oxygen atoms in total. The van der Waals surface area contributed by atoms with Gasteiger partial charge in [-0.05, 0) is 25.8 Å². The van der Waals surface area contributed by atoms with Gasteiger partial charge in [-0.3, -0.25) is 14.8 Å². The average Bonchev–Trinajstić information content (AvgIpc) is 2.93. The molecule has 1 amide bonds. The van der Waals surface area contributed by atoms with Gasteiger partial charge < -0.3 is 0 Å². The van der Waals surface area contributed by atoms with Crippen molar-refractivity contribution in [2.24, 2.45) is 13.0 Å². The van der Waals surface area contributed by atoms with Gasteiger partial charge in [-0.2, -0.15) is 5.10 Å². The maximum atomic E-state index is 12.0. The van der Waals surface area contributed by atoms with E-state index >= 15 is 0 Å². The van der Waals surface area contributed by atoms with Crippen molar-refractivity contribution < 1.29 is 4.79 Å². The lowest BCUT2D eigenvalue weighted by atomic mass is 10.1. The lowest BCUT2D eigenvalue weighted by Crippen LogP contribution is -2.07. The molecule has 0 aromatic carbocycles. The average molecular weight is 319 g/mol. The van der Waals surface area contributed by atoms with Gasteiger partial charge in [0, 0.05) is 30.8 Å². The van der Waals surface area contributed by atoms with Crippen LogP contribution in [0.3, 0.4) is 0 Å². The van der Waals surface area contributed by atoms with Gasteiger partial charge in [-0.25, -0.2) is 0 Å². The van der Waals surface area contributed by atoms with Crippen molar-refractivity contribution in [3.05, 3.63) is 28.0 Å². The molecule has 0 aliphatic rings. The van der Waals surface area contributed by atoms with Crippen molar-refractivity contribution in [1.82, 2.24) is 20.0 Å². The third-order valence-corrected chi connectivity index (χ3v) is 4.11. The van der Waals surface area contributed by atoms with E-state index in [9.17, 15) is 4.79 Å². The van der Waals surface area contributed by atoms with Crippen molar-refractivity contribution >= 4 is 28.5 Å². The molecule has 0 saturated heterocycles. The summed E-state index contributed by atoms with van der Waals surface area (Å²) in [5.41, 5.74) is 2.89. The maximum absolute atomic E-state index is 12.0. The number of hydrogen-bond acceptors (Lipinski definition) is 5. The Morgan fingerprint density at radius 1 is 1.36 bits per heavy atom. The molecular formula is C15H21N5OS. The van der Waals surface area contributed by atoms with Crippen LogP contribution in [0.25, 0.3) is 6.08 Å². The van der Waals surface area contributed by atoms with Gasteiger partial charge in [0.15, 0.2) is 0 Å². The van der Waals surface area contributed by atoms with Gasteiger partial charge in [-0.15, -0.1) is 10.2 Å². The first kappa shape index (κ1) is 16.4. The third kappa shape index (κ3) is 4.00. The zero-order valence-corrected chi connectivity index (χ0v) is 14.4. The number of hydrogen-bond donors (Lipinski definition) is 1. The fraction of sp³-hybridized carbons (Fsp3) is 0.467. The molecule has 2 aromatic rings. The van der Waals surface area contributed by atoms with Crippen molar-refractivity contribution in [1.29, 1.82) is 0 Å². The Kier molecular flexibility index (Phi) is 5.07. The second-order valence-corrected chi connectivity index (χ2v) is 6.69. The first-order valence-electron chi connectivity index (χ1n) is 7.18. The normalized spacial score (nSPS) is 11.5. The Balaban J connectivity index is 2.00. The number of nitrogens with zero attached hydrogens (tertiary/aromatic N) is 4. The molecule has 0 atom stereocenters. The number of aryl methyl sites for hydroxylation is 2. The molecular weight excluding hydrogens is 298 g/mol. The third-order valence-electron chi connectivity index (χ3n) is 3.25. The number of carbonyl (C=O) groups is 1. The van der Waals surface area contributed by atoms with Crippen molar-refractivity contribution in [3.8, 4) is 0 Å². The predicted octanol–water partition coefficient (Wildman–Crippen LogP) is 2.74. The largest absolute Gasteiger partial charge is 0.297 e. The SMILES string of the molecule is Cc1nn(C)c(C)c1C=CC(=O)Nc1nnc(CC(C)C)s1. The quantitative estimate of drug-likeness (QED) is 0.860. The smallest absolute Gasteiger partial charge is 0.250 e. The van der Waals surface area contributed by atoms with Crippen LogP contribution in [0.5, 0.6) is 0 Å². The number of amides is 1. The molecule has 2 rings (SSSR count). The van der Waals surface area contributed by atoms with E-state index in [2.05, 4.69) is 34.5 Å². The molecule has 118 valence electrons. The second-order valence-electron chi connectivity index (χ2n) is 5.63. The molecule has 2 heterocycles. The Morgan fingerprint density at radius 3 is 2.68 bits per heavy atom. The van der Waals surface area contributed by atoms with Crippen LogP contribution in [-0.2, 0) is 18.3 Å². The second kappa shape index (κ2) is 6.83. The van der Waals surface area contributed by atoms with E-state index in [1.165, 1.54) is 17.4 Å². The van der Waals surface area contributed by atoms with Gasteiger partial charge in [0.2, 0.25) is 11.0 Å². The first-order chi connectivity index (χ1) is 10.4. The molecule has 0 unspecified atom stereocenters. The topological polar surface area (TPSA) is 72.7 Å². The van der Waals surface area contributed by atoms with Gasteiger partial charge >= 0.3 is 0 Å². The highest BCUT2D eigenvalue weighted by Crippen LogP contribution is 2.18. The van der Waals surface area contributed by atoms with Crippen LogP contribution in [-0.4, -0.2) is 25.9 Å². The van der Waals surface area contributed by atoms with Crippen molar-refractivity contribution in [3.63, 3.8) is 0 Å². The molecule has 0 saturated carbocycles. The Bertz CT molecular complexity index is 699. The summed E-state index contributed by atoms with van der Waals surface area (Å²) in [4.78, 5) is 12.0. The molecule has 1 N–H and O–H groups in total. The summed E-state index contributed by atoms with van der Waals surface area (Å²) in [5.74, 6) is 0.308. The highest BCUT2D eigenvalue weighted by atomic mass is 32.1. The molecule has 0 aliphatic carbocycles. The summed E-state index contributed by atoms with van der Waals surface area (Å²) < 4.78 is 1.80. The summed E-state index contributed by atoms with van der Waals surface area (Å²) in [7, 11) is 1.89. The molecule has 0 fully saturated rings. The summed E-state index contributed by atoms with van der Waals surface area (Å²) in [6, 6.07) is 0. The molecule has 22 heavy (non-hydrogen) atoms. The van der Waals surface area contributed by atoms with Gasteiger partial charge in [0.25, 0.3) is 0 Å². The van der Waals surface area contributed by atoms with Crippen molar-refractivity contribution in [2.75, 3.05) is 5.32 Å². The lowest BCUT2D eigenvalue weighted by Gasteiger charge is -1.97. The van der Waals surface area contributed by atoms with E-state index in [1.54, 1.807) is 10.8 Å². The number of nitrogens with one attached hydrogen (secondary N) is 1. The molecule has 0 bridgehead atoms. The van der Waals surface area contributed by atoms with E-state index in [-0.39, 0.29) is 5.91 Å². The standard InChI is InChI=1S/C15H21N5OS/c1-9(2)8-14-17-18-15(22-14)16-13(21)7-6-12-10(3)19-20(5)11(12)4/h6-7,9H,8H2,1-5H3,(H,16,18,21). The monoisotopic (exact) mass is 319 g/mol. The van der Waals surface area contributed by atoms with Crippen LogP contribution in [0.1, 0.15) is 35.8 Å². The van der Waals surface area contributed by atoms with Crippen molar-refractivity contribution in [2.45, 2.75) is 34.1 Å². The maximum Gasteiger partial charge on any atom is 0.250 e. The lowest BCUT2D eigenvalue weighted by molar-refractivity contribution is -0.111. The van der Waals surface area contributed by atoms with Crippen LogP contribution in [0.15, 0.2) is 6.08 Å². The van der Waals surface area contributed by atoms with Gasteiger partial charge in [0.1, 0.15) is 5.01 Å². The van der Waals surface area contributed by atoms with Gasteiger partial charge in [0.05, 0.1) is 5.69 Å².